The van der Waals surface area contributed by atoms with Crippen LogP contribution in [0.3, 0.4) is 0 Å². The van der Waals surface area contributed by atoms with Gasteiger partial charge in [0.25, 0.3) is 0 Å². The van der Waals surface area contributed by atoms with E-state index < -0.39 is 0 Å². The summed E-state index contributed by atoms with van der Waals surface area (Å²) in [5, 5.41) is 0.742. The summed E-state index contributed by atoms with van der Waals surface area (Å²) in [6.45, 7) is 6.80. The van der Waals surface area contributed by atoms with Crippen molar-refractivity contribution in [3.8, 4) is 0 Å². The highest BCUT2D eigenvalue weighted by Gasteiger charge is 2.05. The highest BCUT2D eigenvalue weighted by molar-refractivity contribution is 7.99. The molecule has 0 aliphatic rings. The summed E-state index contributed by atoms with van der Waals surface area (Å²) in [4.78, 5) is 0. The third-order valence-corrected chi connectivity index (χ3v) is 3.41. The van der Waals surface area contributed by atoms with Crippen molar-refractivity contribution in [2.45, 2.75) is 31.9 Å². The fraction of sp³-hybridized carbons (Fsp3) is 0.500. The molecule has 1 rings (SSSR count). The minimum Gasteiger partial charge on any atom is -0.159 e. The van der Waals surface area contributed by atoms with Gasteiger partial charge in [-0.25, -0.2) is 0 Å². The minimum atomic E-state index is 0.675. The van der Waals surface area contributed by atoms with Crippen molar-refractivity contribution in [2.75, 3.05) is 5.75 Å². The van der Waals surface area contributed by atoms with Gasteiger partial charge in [-0.3, -0.25) is 0 Å². The summed E-state index contributed by atoms with van der Waals surface area (Å²) >= 11 is 2.03. The van der Waals surface area contributed by atoms with Gasteiger partial charge >= 0.3 is 0 Å². The third-order valence-electron chi connectivity index (χ3n) is 2.05. The van der Waals surface area contributed by atoms with Crippen molar-refractivity contribution in [3.05, 3.63) is 35.9 Å². The van der Waals surface area contributed by atoms with E-state index in [1.807, 2.05) is 11.8 Å². The Kier molecular flexibility index (Phi) is 4.37. The maximum absolute atomic E-state index is 2.30. The van der Waals surface area contributed by atoms with Crippen LogP contribution in [0.5, 0.6) is 0 Å². The van der Waals surface area contributed by atoms with Gasteiger partial charge in [0.2, 0.25) is 0 Å². The summed E-state index contributed by atoms with van der Waals surface area (Å²) in [5.74, 6) is 1.90. The molecule has 0 fully saturated rings. The lowest BCUT2D eigenvalue weighted by molar-refractivity contribution is 0.876. The molecule has 1 aromatic rings. The Bertz CT molecular complexity index is 228. The van der Waals surface area contributed by atoms with E-state index in [1.165, 1.54) is 11.3 Å². The SMILES string of the molecule is CC(C)SCC(C)c1ccccc1. The van der Waals surface area contributed by atoms with E-state index in [0.29, 0.717) is 5.92 Å². The van der Waals surface area contributed by atoms with Crippen LogP contribution in [0.4, 0.5) is 0 Å². The Balaban J connectivity index is 2.44. The molecule has 1 unspecified atom stereocenters. The Morgan fingerprint density at radius 2 is 1.69 bits per heavy atom. The molecule has 1 atom stereocenters. The van der Waals surface area contributed by atoms with E-state index in [4.69, 9.17) is 0 Å². The van der Waals surface area contributed by atoms with Crippen molar-refractivity contribution < 1.29 is 0 Å². The molecule has 72 valence electrons. The highest BCUT2D eigenvalue weighted by Crippen LogP contribution is 2.22. The maximum atomic E-state index is 2.30. The average Bonchev–Trinajstić information content (AvgIpc) is 2.15. The number of benzene rings is 1. The van der Waals surface area contributed by atoms with Crippen LogP contribution in [-0.2, 0) is 0 Å². The molecule has 0 N–H and O–H groups in total. The molecule has 0 radical (unpaired) electrons. The lowest BCUT2D eigenvalue weighted by Crippen LogP contribution is -1.99. The Hall–Kier alpha value is -0.430. The summed E-state index contributed by atoms with van der Waals surface area (Å²) in [5.41, 5.74) is 1.45. The summed E-state index contributed by atoms with van der Waals surface area (Å²) < 4.78 is 0. The molecule has 0 saturated carbocycles. The average molecular weight is 194 g/mol. The van der Waals surface area contributed by atoms with Gasteiger partial charge in [-0.05, 0) is 16.7 Å². The topological polar surface area (TPSA) is 0 Å². The first-order chi connectivity index (χ1) is 6.20. The Morgan fingerprint density at radius 1 is 1.08 bits per heavy atom. The summed E-state index contributed by atoms with van der Waals surface area (Å²) in [6.07, 6.45) is 0. The molecule has 0 amide bonds. The van der Waals surface area contributed by atoms with Gasteiger partial charge in [-0.1, -0.05) is 51.1 Å². The summed E-state index contributed by atoms with van der Waals surface area (Å²) in [7, 11) is 0. The van der Waals surface area contributed by atoms with Crippen LogP contribution >= 0.6 is 11.8 Å². The quantitative estimate of drug-likeness (QED) is 0.700. The first kappa shape index (κ1) is 10.6. The second-order valence-electron chi connectivity index (χ2n) is 3.69. The first-order valence-electron chi connectivity index (χ1n) is 4.86. The van der Waals surface area contributed by atoms with Crippen LogP contribution in [0.2, 0.25) is 0 Å². The fourth-order valence-corrected chi connectivity index (χ4v) is 2.08. The molecule has 0 nitrogen and oxygen atoms in total. The number of thioether (sulfide) groups is 1. The van der Waals surface area contributed by atoms with Crippen LogP contribution < -0.4 is 0 Å². The molecule has 0 spiro atoms. The van der Waals surface area contributed by atoms with Gasteiger partial charge in [-0.15, -0.1) is 0 Å². The molecule has 13 heavy (non-hydrogen) atoms. The van der Waals surface area contributed by atoms with Crippen molar-refractivity contribution >= 4 is 11.8 Å². The van der Waals surface area contributed by atoms with E-state index in [0.717, 1.165) is 5.25 Å². The van der Waals surface area contributed by atoms with Crippen LogP contribution in [-0.4, -0.2) is 11.0 Å². The van der Waals surface area contributed by atoms with Crippen molar-refractivity contribution in [3.63, 3.8) is 0 Å². The maximum Gasteiger partial charge on any atom is 0.000139 e. The number of hydrogen-bond acceptors (Lipinski definition) is 1. The largest absolute Gasteiger partial charge is 0.159 e. The third kappa shape index (κ3) is 3.86. The molecule has 0 heterocycles. The second kappa shape index (κ2) is 5.33. The van der Waals surface area contributed by atoms with Crippen LogP contribution in [0.25, 0.3) is 0 Å². The standard InChI is InChI=1S/C12H18S/c1-10(2)13-9-11(3)12-7-5-4-6-8-12/h4-8,10-11H,9H2,1-3H3. The fourth-order valence-electron chi connectivity index (χ4n) is 1.21. The normalized spacial score (nSPS) is 13.2. The lowest BCUT2D eigenvalue weighted by Gasteiger charge is -2.12. The smallest absolute Gasteiger partial charge is 0.000139 e. The van der Waals surface area contributed by atoms with Gasteiger partial charge in [-0.2, -0.15) is 11.8 Å². The zero-order valence-corrected chi connectivity index (χ0v) is 9.47. The molecule has 0 aromatic heterocycles. The van der Waals surface area contributed by atoms with E-state index in [2.05, 4.69) is 51.1 Å². The van der Waals surface area contributed by atoms with E-state index in [-0.39, 0.29) is 0 Å². The van der Waals surface area contributed by atoms with E-state index in [1.54, 1.807) is 0 Å². The molecule has 0 aliphatic heterocycles. The molecule has 0 saturated heterocycles. The van der Waals surface area contributed by atoms with Gasteiger partial charge in [0.15, 0.2) is 0 Å². The molecular weight excluding hydrogens is 176 g/mol. The minimum absolute atomic E-state index is 0.675. The van der Waals surface area contributed by atoms with Crippen LogP contribution in [0, 0.1) is 0 Å². The molecule has 0 aliphatic carbocycles. The van der Waals surface area contributed by atoms with E-state index in [9.17, 15) is 0 Å². The van der Waals surface area contributed by atoms with Crippen molar-refractivity contribution in [2.24, 2.45) is 0 Å². The van der Waals surface area contributed by atoms with E-state index >= 15 is 0 Å². The van der Waals surface area contributed by atoms with Gasteiger partial charge in [0, 0.05) is 5.75 Å². The number of hydrogen-bond donors (Lipinski definition) is 0. The molecular formula is C12H18S. The van der Waals surface area contributed by atoms with Gasteiger partial charge in [0.1, 0.15) is 0 Å². The molecule has 0 bridgehead atoms. The van der Waals surface area contributed by atoms with Gasteiger partial charge < -0.3 is 0 Å². The number of rotatable bonds is 4. The van der Waals surface area contributed by atoms with Crippen molar-refractivity contribution in [1.29, 1.82) is 0 Å². The van der Waals surface area contributed by atoms with Crippen molar-refractivity contribution in [1.82, 2.24) is 0 Å². The van der Waals surface area contributed by atoms with Gasteiger partial charge in [0.05, 0.1) is 0 Å². The Morgan fingerprint density at radius 3 is 2.23 bits per heavy atom. The second-order valence-corrected chi connectivity index (χ2v) is 5.30. The van der Waals surface area contributed by atoms with Crippen LogP contribution in [0.1, 0.15) is 32.3 Å². The monoisotopic (exact) mass is 194 g/mol. The van der Waals surface area contributed by atoms with Crippen LogP contribution in [0.15, 0.2) is 30.3 Å². The Labute approximate surface area is 85.7 Å². The zero-order valence-electron chi connectivity index (χ0n) is 8.66. The highest BCUT2D eigenvalue weighted by atomic mass is 32.2. The molecule has 1 heteroatoms. The predicted molar refractivity (Wildman–Crippen MR) is 62.5 cm³/mol. The predicted octanol–water partition coefficient (Wildman–Crippen LogP) is 3.93. The summed E-state index contributed by atoms with van der Waals surface area (Å²) in [6, 6.07) is 10.7. The molecule has 1 aromatic carbocycles. The first-order valence-corrected chi connectivity index (χ1v) is 5.91. The lowest BCUT2D eigenvalue weighted by atomic mass is 10.0. The zero-order chi connectivity index (χ0) is 9.68.